The minimum Gasteiger partial charge on any atom is -0.380 e. The number of hydrogen-bond acceptors (Lipinski definition) is 2. The second-order valence-corrected chi connectivity index (χ2v) is 8.58. The first-order chi connectivity index (χ1) is 14.8. The number of halogens is 1. The van der Waals surface area contributed by atoms with Gasteiger partial charge in [0, 0.05) is 30.5 Å². The predicted molar refractivity (Wildman–Crippen MR) is 139 cm³/mol. The quantitative estimate of drug-likeness (QED) is 0.361. The maximum atomic E-state index is 6.55. The van der Waals surface area contributed by atoms with Crippen LogP contribution in [0.25, 0.3) is 11.1 Å². The maximum Gasteiger partial charge on any atom is 0.0438 e. The van der Waals surface area contributed by atoms with Gasteiger partial charge in [-0.3, -0.25) is 0 Å². The Morgan fingerprint density at radius 2 is 1.81 bits per heavy atom. The summed E-state index contributed by atoms with van der Waals surface area (Å²) in [6.07, 6.45) is 13.4. The molecule has 0 amide bonds. The summed E-state index contributed by atoms with van der Waals surface area (Å²) in [7, 11) is 2.10. The average molecular weight is 435 g/mol. The SMILES string of the molecule is C=C/C=C\Nc1cc(-c2ccc(Cl)c(CCC(C)CN(C)/C=C\C=C)c2)cc(C)c1C. The van der Waals surface area contributed by atoms with Crippen molar-refractivity contribution in [1.29, 1.82) is 0 Å². The van der Waals surface area contributed by atoms with Crippen molar-refractivity contribution in [3.8, 4) is 11.1 Å². The second kappa shape index (κ2) is 12.2. The number of hydrogen-bond donors (Lipinski definition) is 1. The van der Waals surface area contributed by atoms with E-state index in [0.29, 0.717) is 5.92 Å². The van der Waals surface area contributed by atoms with Crippen molar-refractivity contribution in [2.75, 3.05) is 18.9 Å². The van der Waals surface area contributed by atoms with Gasteiger partial charge in [-0.15, -0.1) is 0 Å². The Morgan fingerprint density at radius 3 is 2.52 bits per heavy atom. The summed E-state index contributed by atoms with van der Waals surface area (Å²) < 4.78 is 0. The van der Waals surface area contributed by atoms with Gasteiger partial charge in [0.25, 0.3) is 0 Å². The highest BCUT2D eigenvalue weighted by molar-refractivity contribution is 6.31. The molecule has 0 radical (unpaired) electrons. The van der Waals surface area contributed by atoms with Crippen LogP contribution < -0.4 is 5.32 Å². The van der Waals surface area contributed by atoms with Gasteiger partial charge in [0.05, 0.1) is 0 Å². The highest BCUT2D eigenvalue weighted by atomic mass is 35.5. The first-order valence-electron chi connectivity index (χ1n) is 10.8. The minimum atomic E-state index is 0.563. The van der Waals surface area contributed by atoms with Crippen LogP contribution in [0.5, 0.6) is 0 Å². The summed E-state index contributed by atoms with van der Waals surface area (Å²) >= 11 is 6.55. The lowest BCUT2D eigenvalue weighted by Gasteiger charge is -2.20. The molecule has 0 aliphatic carbocycles. The van der Waals surface area contributed by atoms with Crippen LogP contribution in [0.1, 0.15) is 30.0 Å². The van der Waals surface area contributed by atoms with E-state index in [1.54, 1.807) is 12.2 Å². The van der Waals surface area contributed by atoms with Crippen LogP contribution in [-0.4, -0.2) is 18.5 Å². The molecule has 31 heavy (non-hydrogen) atoms. The smallest absolute Gasteiger partial charge is 0.0438 e. The Labute approximate surface area is 193 Å². The fraction of sp³-hybridized carbons (Fsp3) is 0.286. The molecule has 0 bridgehead atoms. The molecule has 0 fully saturated rings. The van der Waals surface area contributed by atoms with Gasteiger partial charge >= 0.3 is 0 Å². The summed E-state index contributed by atoms with van der Waals surface area (Å²) in [6.45, 7) is 15.0. The van der Waals surface area contributed by atoms with E-state index in [-0.39, 0.29) is 0 Å². The van der Waals surface area contributed by atoms with Crippen molar-refractivity contribution >= 4 is 17.3 Å². The van der Waals surface area contributed by atoms with Gasteiger partial charge in [-0.2, -0.15) is 0 Å². The molecule has 3 heteroatoms. The van der Waals surface area contributed by atoms with Crippen LogP contribution in [0.3, 0.4) is 0 Å². The van der Waals surface area contributed by atoms with E-state index in [4.69, 9.17) is 11.6 Å². The summed E-state index contributed by atoms with van der Waals surface area (Å²) in [6, 6.07) is 10.8. The molecule has 0 aliphatic heterocycles. The molecular formula is C28H35ClN2. The number of anilines is 1. The summed E-state index contributed by atoms with van der Waals surface area (Å²) in [5.74, 6) is 0.563. The van der Waals surface area contributed by atoms with Crippen LogP contribution in [0.4, 0.5) is 5.69 Å². The molecule has 0 saturated carbocycles. The molecule has 1 N–H and O–H groups in total. The topological polar surface area (TPSA) is 15.3 Å². The Morgan fingerprint density at radius 1 is 1.06 bits per heavy atom. The Bertz CT molecular complexity index is 956. The fourth-order valence-electron chi connectivity index (χ4n) is 3.58. The molecule has 2 aromatic rings. The zero-order chi connectivity index (χ0) is 22.8. The number of aryl methyl sites for hydroxylation is 2. The number of nitrogens with zero attached hydrogens (tertiary/aromatic N) is 1. The van der Waals surface area contributed by atoms with Gasteiger partial charge in [-0.1, -0.05) is 56.0 Å². The zero-order valence-electron chi connectivity index (χ0n) is 19.3. The monoisotopic (exact) mass is 434 g/mol. The van der Waals surface area contributed by atoms with Gasteiger partial charge in [-0.05, 0) is 97.0 Å². The standard InChI is InChI=1S/C28H35ClN2/c1-7-9-15-30-28-19-26(17-22(4)23(28)5)24-13-14-27(29)25(18-24)12-11-21(3)20-31(6)16-10-8-2/h7-10,13-19,21,30H,1-2,11-12,20H2,3-6H3/b15-9-,16-10-. The molecule has 2 aromatic carbocycles. The third kappa shape index (κ3) is 7.48. The molecule has 0 saturated heterocycles. The largest absolute Gasteiger partial charge is 0.380 e. The molecule has 1 unspecified atom stereocenters. The van der Waals surface area contributed by atoms with E-state index in [9.17, 15) is 0 Å². The maximum absolute atomic E-state index is 6.55. The van der Waals surface area contributed by atoms with Crippen LogP contribution in [0, 0.1) is 19.8 Å². The first kappa shape index (κ1) is 24.6. The van der Waals surface area contributed by atoms with Crippen LogP contribution in [0.15, 0.2) is 80.2 Å². The molecule has 2 nitrogen and oxygen atoms in total. The Hall–Kier alpha value is -2.71. The van der Waals surface area contributed by atoms with E-state index in [1.165, 1.54) is 27.8 Å². The normalized spacial score (nSPS) is 12.3. The summed E-state index contributed by atoms with van der Waals surface area (Å²) in [4.78, 5) is 2.20. The fourth-order valence-corrected chi connectivity index (χ4v) is 3.79. The Kier molecular flexibility index (Phi) is 9.68. The van der Waals surface area contributed by atoms with Gasteiger partial charge in [-0.25, -0.2) is 0 Å². The average Bonchev–Trinajstić information content (AvgIpc) is 2.74. The van der Waals surface area contributed by atoms with Gasteiger partial charge in [0.15, 0.2) is 0 Å². The van der Waals surface area contributed by atoms with E-state index in [0.717, 1.165) is 30.1 Å². The number of benzene rings is 2. The lowest BCUT2D eigenvalue weighted by Crippen LogP contribution is -2.19. The number of nitrogens with one attached hydrogen (secondary N) is 1. The number of allylic oxidation sites excluding steroid dienone is 4. The van der Waals surface area contributed by atoms with Crippen molar-refractivity contribution < 1.29 is 0 Å². The van der Waals surface area contributed by atoms with Crippen molar-refractivity contribution in [2.24, 2.45) is 5.92 Å². The molecule has 164 valence electrons. The van der Waals surface area contributed by atoms with Gasteiger partial charge < -0.3 is 10.2 Å². The summed E-state index contributed by atoms with van der Waals surface area (Å²) in [5, 5.41) is 4.21. The molecule has 1 atom stereocenters. The lowest BCUT2D eigenvalue weighted by atomic mass is 9.95. The van der Waals surface area contributed by atoms with Gasteiger partial charge in [0.2, 0.25) is 0 Å². The minimum absolute atomic E-state index is 0.563. The van der Waals surface area contributed by atoms with E-state index >= 15 is 0 Å². The van der Waals surface area contributed by atoms with E-state index in [2.05, 4.69) is 81.7 Å². The Balaban J connectivity index is 2.18. The van der Waals surface area contributed by atoms with Crippen molar-refractivity contribution in [2.45, 2.75) is 33.6 Å². The lowest BCUT2D eigenvalue weighted by molar-refractivity contribution is 0.358. The first-order valence-corrected chi connectivity index (χ1v) is 11.2. The molecular weight excluding hydrogens is 400 g/mol. The van der Waals surface area contributed by atoms with E-state index in [1.807, 2.05) is 24.4 Å². The van der Waals surface area contributed by atoms with Crippen molar-refractivity contribution in [3.63, 3.8) is 0 Å². The number of rotatable bonds is 11. The molecule has 0 heterocycles. The molecule has 0 aromatic heterocycles. The zero-order valence-corrected chi connectivity index (χ0v) is 20.0. The van der Waals surface area contributed by atoms with Crippen molar-refractivity contribution in [3.05, 3.63) is 102 Å². The third-order valence-corrected chi connectivity index (χ3v) is 5.87. The van der Waals surface area contributed by atoms with Crippen LogP contribution in [-0.2, 0) is 6.42 Å². The van der Waals surface area contributed by atoms with E-state index < -0.39 is 0 Å². The molecule has 0 spiro atoms. The predicted octanol–water partition coefficient (Wildman–Crippen LogP) is 7.94. The van der Waals surface area contributed by atoms with Gasteiger partial charge in [0.1, 0.15) is 0 Å². The third-order valence-electron chi connectivity index (χ3n) is 5.50. The second-order valence-electron chi connectivity index (χ2n) is 8.17. The molecule has 2 rings (SSSR count). The van der Waals surface area contributed by atoms with Crippen molar-refractivity contribution in [1.82, 2.24) is 4.90 Å². The highest BCUT2D eigenvalue weighted by Crippen LogP contribution is 2.31. The summed E-state index contributed by atoms with van der Waals surface area (Å²) in [5.41, 5.74) is 7.20. The highest BCUT2D eigenvalue weighted by Gasteiger charge is 2.10. The van der Waals surface area contributed by atoms with Crippen LogP contribution >= 0.6 is 11.6 Å². The van der Waals surface area contributed by atoms with Crippen LogP contribution in [0.2, 0.25) is 5.02 Å². The molecule has 0 aliphatic rings.